The molecular formula is C6H4I2S2. The van der Waals surface area contributed by atoms with Crippen molar-refractivity contribution in [1.82, 2.24) is 0 Å². The molecule has 1 aromatic heterocycles. The van der Waals surface area contributed by atoms with E-state index in [0.29, 0.717) is 0 Å². The second kappa shape index (κ2) is 3.10. The molecule has 4 heteroatoms. The van der Waals surface area contributed by atoms with E-state index in [0.717, 1.165) is 3.26 Å². The van der Waals surface area contributed by atoms with Crippen LogP contribution in [-0.4, -0.2) is 3.26 Å². The summed E-state index contributed by atoms with van der Waals surface area (Å²) in [6.45, 7) is 0. The molecule has 1 aliphatic heterocycles. The van der Waals surface area contributed by atoms with Crippen LogP contribution in [0.2, 0.25) is 0 Å². The summed E-state index contributed by atoms with van der Waals surface area (Å²) < 4.78 is 2.22. The molecule has 0 spiro atoms. The van der Waals surface area contributed by atoms with Gasteiger partial charge in [-0.1, -0.05) is 22.6 Å². The fraction of sp³-hybridized carbons (Fsp3) is 0.333. The van der Waals surface area contributed by atoms with Crippen LogP contribution in [0.3, 0.4) is 0 Å². The average molecular weight is 394 g/mol. The van der Waals surface area contributed by atoms with Gasteiger partial charge in [0.05, 0.1) is 6.14 Å². The van der Waals surface area contributed by atoms with Gasteiger partial charge in [0.15, 0.2) is 0 Å². The summed E-state index contributed by atoms with van der Waals surface area (Å²) in [5.41, 5.74) is 0. The zero-order valence-corrected chi connectivity index (χ0v) is 10.9. The summed E-state index contributed by atoms with van der Waals surface area (Å²) in [5, 5.41) is 0. The molecule has 0 bridgehead atoms. The molecule has 0 saturated carbocycles. The van der Waals surface area contributed by atoms with E-state index >= 15 is 0 Å². The Labute approximate surface area is 95.4 Å². The van der Waals surface area contributed by atoms with Crippen molar-refractivity contribution >= 4 is 68.3 Å². The monoisotopic (exact) mass is 394 g/mol. The van der Waals surface area contributed by atoms with Crippen LogP contribution in [0.4, 0.5) is 0 Å². The van der Waals surface area contributed by atoms with Gasteiger partial charge in [0.1, 0.15) is 0 Å². The highest BCUT2D eigenvalue weighted by atomic mass is 127. The van der Waals surface area contributed by atoms with E-state index in [-0.39, 0.29) is 0 Å². The first kappa shape index (κ1) is 8.12. The second-order valence-corrected chi connectivity index (χ2v) is 8.69. The number of thiophene rings is 1. The van der Waals surface area contributed by atoms with Crippen molar-refractivity contribution in [3.63, 3.8) is 0 Å². The van der Waals surface area contributed by atoms with Crippen LogP contribution in [0.5, 0.6) is 0 Å². The van der Waals surface area contributed by atoms with Gasteiger partial charge < -0.3 is 0 Å². The van der Waals surface area contributed by atoms with E-state index in [1.54, 1.807) is 4.88 Å². The van der Waals surface area contributed by atoms with E-state index < -0.39 is 0 Å². The van der Waals surface area contributed by atoms with E-state index in [9.17, 15) is 0 Å². The standard InChI is InChI=1S/C6H4I2S2/c7-5-1-3-4(10-5)2-6(8)9-3/h1,6H,2H2. The lowest BCUT2D eigenvalue weighted by Gasteiger charge is -1.92. The van der Waals surface area contributed by atoms with Crippen molar-refractivity contribution in [2.75, 3.05) is 0 Å². The third-order valence-electron chi connectivity index (χ3n) is 1.34. The predicted octanol–water partition coefficient (Wildman–Crippen LogP) is 3.76. The van der Waals surface area contributed by atoms with Gasteiger partial charge in [-0.25, -0.2) is 0 Å². The lowest BCUT2D eigenvalue weighted by molar-refractivity contribution is 1.18. The smallest absolute Gasteiger partial charge is 0.0667 e. The Morgan fingerprint density at radius 1 is 1.60 bits per heavy atom. The number of rotatable bonds is 0. The molecule has 1 unspecified atom stereocenters. The Bertz CT molecular complexity index is 233. The van der Waals surface area contributed by atoms with Crippen molar-refractivity contribution in [1.29, 1.82) is 0 Å². The van der Waals surface area contributed by atoms with Crippen molar-refractivity contribution in [3.8, 4) is 0 Å². The van der Waals surface area contributed by atoms with Crippen LogP contribution in [0, 0.1) is 2.88 Å². The van der Waals surface area contributed by atoms with Crippen LogP contribution in [0.25, 0.3) is 0 Å². The Hall–Kier alpha value is 1.51. The average Bonchev–Trinajstić information content (AvgIpc) is 2.21. The van der Waals surface area contributed by atoms with Crippen LogP contribution in [0.15, 0.2) is 11.0 Å². The van der Waals surface area contributed by atoms with Gasteiger partial charge in [-0.2, -0.15) is 0 Å². The largest absolute Gasteiger partial charge is 0.133 e. The number of halogens is 2. The summed E-state index contributed by atoms with van der Waals surface area (Å²) in [5.74, 6) is 0. The summed E-state index contributed by atoms with van der Waals surface area (Å²) in [4.78, 5) is 3.11. The molecule has 0 aromatic carbocycles. The Morgan fingerprint density at radius 2 is 2.40 bits per heavy atom. The van der Waals surface area contributed by atoms with Crippen molar-refractivity contribution in [3.05, 3.63) is 13.8 Å². The minimum absolute atomic E-state index is 0.788. The van der Waals surface area contributed by atoms with E-state index in [2.05, 4.69) is 51.2 Å². The quantitative estimate of drug-likeness (QED) is 0.477. The second-order valence-electron chi connectivity index (χ2n) is 2.07. The molecule has 1 aliphatic rings. The molecule has 0 nitrogen and oxygen atoms in total. The number of alkyl halides is 1. The highest BCUT2D eigenvalue weighted by Gasteiger charge is 2.21. The SMILES string of the molecule is Ic1cc2c(s1)CC(I)S2. The zero-order chi connectivity index (χ0) is 7.14. The van der Waals surface area contributed by atoms with Crippen LogP contribution < -0.4 is 0 Å². The van der Waals surface area contributed by atoms with Crippen molar-refractivity contribution in [2.45, 2.75) is 14.6 Å². The number of fused-ring (bicyclic) bond motifs is 1. The summed E-state index contributed by atoms with van der Waals surface area (Å²) in [6.07, 6.45) is 1.27. The van der Waals surface area contributed by atoms with E-state index in [1.165, 1.54) is 14.2 Å². The van der Waals surface area contributed by atoms with Gasteiger partial charge in [0, 0.05) is 16.2 Å². The Kier molecular flexibility index (Phi) is 2.52. The first-order chi connectivity index (χ1) is 4.75. The fourth-order valence-electron chi connectivity index (χ4n) is 0.948. The Balaban J connectivity index is 2.39. The molecule has 54 valence electrons. The van der Waals surface area contributed by atoms with Gasteiger partial charge >= 0.3 is 0 Å². The minimum atomic E-state index is 0.788. The Morgan fingerprint density at radius 3 is 3.10 bits per heavy atom. The third-order valence-corrected chi connectivity index (χ3v) is 5.63. The normalized spacial score (nSPS) is 23.2. The first-order valence-corrected chi connectivity index (χ1v) is 6.86. The first-order valence-electron chi connectivity index (χ1n) is 2.84. The molecule has 0 saturated heterocycles. The zero-order valence-electron chi connectivity index (χ0n) is 4.93. The van der Waals surface area contributed by atoms with Crippen molar-refractivity contribution < 1.29 is 0 Å². The maximum absolute atomic E-state index is 2.50. The van der Waals surface area contributed by atoms with E-state index in [4.69, 9.17) is 0 Å². The maximum Gasteiger partial charge on any atom is 0.0667 e. The number of thioether (sulfide) groups is 1. The highest BCUT2D eigenvalue weighted by Crippen LogP contribution is 2.44. The molecule has 0 aliphatic carbocycles. The molecule has 1 aromatic rings. The van der Waals surface area contributed by atoms with Crippen molar-refractivity contribution in [2.24, 2.45) is 0 Å². The number of hydrogen-bond acceptors (Lipinski definition) is 2. The topological polar surface area (TPSA) is 0 Å². The van der Waals surface area contributed by atoms with Gasteiger partial charge in [-0.05, 0) is 28.7 Å². The minimum Gasteiger partial charge on any atom is -0.133 e. The summed E-state index contributed by atoms with van der Waals surface area (Å²) in [7, 11) is 0. The molecule has 0 amide bonds. The molecule has 2 rings (SSSR count). The molecule has 1 atom stereocenters. The van der Waals surface area contributed by atoms with Gasteiger partial charge in [-0.3, -0.25) is 0 Å². The summed E-state index contributed by atoms with van der Waals surface area (Å²) in [6, 6.07) is 2.30. The third kappa shape index (κ3) is 1.49. The van der Waals surface area contributed by atoms with Gasteiger partial charge in [0.25, 0.3) is 0 Å². The molecule has 2 heterocycles. The summed E-state index contributed by atoms with van der Waals surface area (Å²) >= 11 is 8.84. The van der Waals surface area contributed by atoms with E-state index in [1.807, 2.05) is 23.1 Å². The highest BCUT2D eigenvalue weighted by molar-refractivity contribution is 14.1. The molecular weight excluding hydrogens is 390 g/mol. The lowest BCUT2D eigenvalue weighted by atomic mass is 10.4. The maximum atomic E-state index is 2.50. The number of hydrogen-bond donors (Lipinski definition) is 0. The van der Waals surface area contributed by atoms with Crippen LogP contribution >= 0.6 is 68.3 Å². The fourth-order valence-corrected chi connectivity index (χ4v) is 6.03. The van der Waals surface area contributed by atoms with Gasteiger partial charge in [0.2, 0.25) is 0 Å². The molecule has 10 heavy (non-hydrogen) atoms. The molecule has 0 radical (unpaired) electrons. The predicted molar refractivity (Wildman–Crippen MR) is 64.4 cm³/mol. The van der Waals surface area contributed by atoms with Crippen LogP contribution in [-0.2, 0) is 6.42 Å². The van der Waals surface area contributed by atoms with Crippen LogP contribution in [0.1, 0.15) is 4.88 Å². The van der Waals surface area contributed by atoms with Gasteiger partial charge in [-0.15, -0.1) is 23.1 Å². The molecule has 0 N–H and O–H groups in total. The lowest BCUT2D eigenvalue weighted by Crippen LogP contribution is -1.83. The molecule has 0 fully saturated rings.